The monoisotopic (exact) mass is 431 g/mol. The first-order valence-electron chi connectivity index (χ1n) is 10.9. The highest BCUT2D eigenvalue weighted by Crippen LogP contribution is 2.24. The summed E-state index contributed by atoms with van der Waals surface area (Å²) in [6, 6.07) is 20.0. The van der Waals surface area contributed by atoms with Crippen molar-refractivity contribution in [1.29, 1.82) is 0 Å². The van der Waals surface area contributed by atoms with Gasteiger partial charge in [0.25, 0.3) is 5.91 Å². The Labute approximate surface area is 189 Å². The molecule has 0 radical (unpaired) electrons. The van der Waals surface area contributed by atoms with E-state index in [2.05, 4.69) is 46.4 Å². The third kappa shape index (κ3) is 5.33. The van der Waals surface area contributed by atoms with Crippen molar-refractivity contribution in [3.8, 4) is 17.0 Å². The number of methoxy groups -OCH3 is 1. The molecule has 1 aromatic heterocycles. The first-order valence-corrected chi connectivity index (χ1v) is 10.9. The summed E-state index contributed by atoms with van der Waals surface area (Å²) in [7, 11) is 1.66. The zero-order chi connectivity index (χ0) is 22.3. The van der Waals surface area contributed by atoms with Crippen LogP contribution in [0.2, 0.25) is 0 Å². The number of carbonyl (C=O) groups is 1. The molecule has 32 heavy (non-hydrogen) atoms. The number of amides is 1. The number of ether oxygens (including phenoxy) is 2. The molecule has 1 amide bonds. The number of rotatable bonds is 7. The normalized spacial score (nSPS) is 15.2. The maximum atomic E-state index is 12.9. The van der Waals surface area contributed by atoms with Crippen molar-refractivity contribution < 1.29 is 14.3 Å². The van der Waals surface area contributed by atoms with Gasteiger partial charge < -0.3 is 14.8 Å². The van der Waals surface area contributed by atoms with Gasteiger partial charge in [0.1, 0.15) is 5.75 Å². The third-order valence-electron chi connectivity index (χ3n) is 5.78. The minimum absolute atomic E-state index is 0.0632. The van der Waals surface area contributed by atoms with Crippen LogP contribution in [-0.4, -0.2) is 55.7 Å². The Bertz CT molecular complexity index is 1030. The Balaban J connectivity index is 1.45. The zero-order valence-electron chi connectivity index (χ0n) is 18.6. The Kier molecular flexibility index (Phi) is 7.14. The van der Waals surface area contributed by atoms with Crippen LogP contribution in [0.15, 0.2) is 66.9 Å². The van der Waals surface area contributed by atoms with Gasteiger partial charge in [-0.05, 0) is 42.8 Å². The lowest BCUT2D eigenvalue weighted by Crippen LogP contribution is -2.43. The molecule has 4 rings (SSSR count). The molecule has 0 saturated carbocycles. The van der Waals surface area contributed by atoms with Gasteiger partial charge >= 0.3 is 0 Å². The molecular formula is C26H29N3O3. The second kappa shape index (κ2) is 10.4. The van der Waals surface area contributed by atoms with Gasteiger partial charge in [-0.15, -0.1) is 0 Å². The first kappa shape index (κ1) is 22.0. The van der Waals surface area contributed by atoms with E-state index in [-0.39, 0.29) is 11.9 Å². The van der Waals surface area contributed by atoms with E-state index in [0.717, 1.165) is 35.7 Å². The number of nitrogens with zero attached hydrogens (tertiary/aromatic N) is 2. The molecule has 1 fully saturated rings. The molecule has 166 valence electrons. The third-order valence-corrected chi connectivity index (χ3v) is 5.78. The van der Waals surface area contributed by atoms with Gasteiger partial charge in [0.15, 0.2) is 0 Å². The molecular weight excluding hydrogens is 402 g/mol. The lowest BCUT2D eigenvalue weighted by Gasteiger charge is -2.35. The van der Waals surface area contributed by atoms with Crippen molar-refractivity contribution in [2.45, 2.75) is 13.0 Å². The predicted octanol–water partition coefficient (Wildman–Crippen LogP) is 3.87. The van der Waals surface area contributed by atoms with E-state index in [1.165, 1.54) is 5.56 Å². The van der Waals surface area contributed by atoms with E-state index in [0.29, 0.717) is 25.3 Å². The van der Waals surface area contributed by atoms with Crippen molar-refractivity contribution in [3.63, 3.8) is 0 Å². The largest absolute Gasteiger partial charge is 0.497 e. The average molecular weight is 432 g/mol. The van der Waals surface area contributed by atoms with Gasteiger partial charge in [-0.2, -0.15) is 0 Å². The summed E-state index contributed by atoms with van der Waals surface area (Å²) in [4.78, 5) is 19.7. The topological polar surface area (TPSA) is 63.7 Å². The molecule has 1 saturated heterocycles. The van der Waals surface area contributed by atoms with Crippen molar-refractivity contribution in [2.24, 2.45) is 0 Å². The van der Waals surface area contributed by atoms with Crippen LogP contribution in [0.5, 0.6) is 5.75 Å². The Morgan fingerprint density at radius 2 is 1.91 bits per heavy atom. The van der Waals surface area contributed by atoms with Crippen molar-refractivity contribution in [3.05, 3.63) is 83.6 Å². The smallest absolute Gasteiger partial charge is 0.252 e. The van der Waals surface area contributed by atoms with E-state index in [9.17, 15) is 4.79 Å². The highest BCUT2D eigenvalue weighted by molar-refractivity contribution is 5.94. The van der Waals surface area contributed by atoms with E-state index in [1.54, 1.807) is 13.3 Å². The Hall–Kier alpha value is -3.22. The number of hydrogen-bond donors (Lipinski definition) is 1. The summed E-state index contributed by atoms with van der Waals surface area (Å²) >= 11 is 0. The number of hydrogen-bond acceptors (Lipinski definition) is 5. The molecule has 1 unspecified atom stereocenters. The fourth-order valence-corrected chi connectivity index (χ4v) is 3.97. The van der Waals surface area contributed by atoms with Gasteiger partial charge in [0.05, 0.1) is 37.6 Å². The van der Waals surface area contributed by atoms with Crippen LogP contribution >= 0.6 is 0 Å². The molecule has 2 heterocycles. The highest BCUT2D eigenvalue weighted by Gasteiger charge is 2.23. The van der Waals surface area contributed by atoms with Crippen molar-refractivity contribution in [1.82, 2.24) is 15.2 Å². The minimum atomic E-state index is -0.125. The van der Waals surface area contributed by atoms with E-state index >= 15 is 0 Å². The quantitative estimate of drug-likeness (QED) is 0.615. The molecule has 0 aliphatic carbocycles. The van der Waals surface area contributed by atoms with Crippen LogP contribution in [0.4, 0.5) is 0 Å². The molecule has 2 aromatic carbocycles. The fraction of sp³-hybridized carbons (Fsp3) is 0.308. The van der Waals surface area contributed by atoms with E-state index < -0.39 is 0 Å². The lowest BCUT2D eigenvalue weighted by molar-refractivity contribution is 0.0162. The molecule has 1 aliphatic rings. The summed E-state index contributed by atoms with van der Waals surface area (Å²) < 4.78 is 10.8. The maximum absolute atomic E-state index is 12.9. The average Bonchev–Trinajstić information content (AvgIpc) is 2.85. The number of benzene rings is 2. The van der Waals surface area contributed by atoms with Crippen molar-refractivity contribution >= 4 is 5.91 Å². The molecule has 0 bridgehead atoms. The van der Waals surface area contributed by atoms with Gasteiger partial charge in [-0.3, -0.25) is 14.7 Å². The second-order valence-corrected chi connectivity index (χ2v) is 7.95. The SMILES string of the molecule is COc1ccc(C(CNC(=O)c2ccc(-c3cccc(C)c3)nc2)N2CCOCC2)cc1. The number of nitrogens with one attached hydrogen (secondary N) is 1. The predicted molar refractivity (Wildman–Crippen MR) is 125 cm³/mol. The summed E-state index contributed by atoms with van der Waals surface area (Å²) in [5.41, 5.74) is 4.77. The van der Waals surface area contributed by atoms with Gasteiger partial charge in [-0.1, -0.05) is 35.9 Å². The van der Waals surface area contributed by atoms with Crippen LogP contribution in [0, 0.1) is 6.92 Å². The summed E-state index contributed by atoms with van der Waals surface area (Å²) in [5, 5.41) is 3.10. The number of aryl methyl sites for hydroxylation is 1. The summed E-state index contributed by atoms with van der Waals surface area (Å²) in [5.74, 6) is 0.693. The molecule has 3 aromatic rings. The van der Waals surface area contributed by atoms with E-state index in [1.807, 2.05) is 36.4 Å². The van der Waals surface area contributed by atoms with Crippen LogP contribution in [0.1, 0.15) is 27.5 Å². The number of aromatic nitrogens is 1. The molecule has 1 atom stereocenters. The molecule has 6 nitrogen and oxygen atoms in total. The Morgan fingerprint density at radius 3 is 2.56 bits per heavy atom. The zero-order valence-corrected chi connectivity index (χ0v) is 18.6. The maximum Gasteiger partial charge on any atom is 0.252 e. The van der Waals surface area contributed by atoms with Crippen LogP contribution in [-0.2, 0) is 4.74 Å². The lowest BCUT2D eigenvalue weighted by atomic mass is 10.0. The minimum Gasteiger partial charge on any atom is -0.497 e. The molecule has 6 heteroatoms. The van der Waals surface area contributed by atoms with Gasteiger partial charge in [0, 0.05) is 31.4 Å². The number of carbonyl (C=O) groups excluding carboxylic acids is 1. The summed E-state index contributed by atoms with van der Waals surface area (Å²) in [6.07, 6.45) is 1.64. The Morgan fingerprint density at radius 1 is 1.12 bits per heavy atom. The first-order chi connectivity index (χ1) is 15.6. The molecule has 1 aliphatic heterocycles. The fourth-order valence-electron chi connectivity index (χ4n) is 3.97. The van der Waals surface area contributed by atoms with E-state index in [4.69, 9.17) is 9.47 Å². The number of morpholine rings is 1. The molecule has 1 N–H and O–H groups in total. The highest BCUT2D eigenvalue weighted by atomic mass is 16.5. The van der Waals surface area contributed by atoms with Gasteiger partial charge in [-0.25, -0.2) is 0 Å². The van der Waals surface area contributed by atoms with Crippen LogP contribution in [0.3, 0.4) is 0 Å². The van der Waals surface area contributed by atoms with Gasteiger partial charge in [0.2, 0.25) is 0 Å². The second-order valence-electron chi connectivity index (χ2n) is 7.95. The number of pyridine rings is 1. The standard InChI is InChI=1S/C26H29N3O3/c1-19-4-3-5-21(16-19)24-11-8-22(17-27-24)26(30)28-18-25(29-12-14-32-15-13-29)20-6-9-23(31-2)10-7-20/h3-11,16-17,25H,12-15,18H2,1-2H3,(H,28,30). The van der Waals surface area contributed by atoms with Crippen molar-refractivity contribution in [2.75, 3.05) is 40.0 Å². The van der Waals surface area contributed by atoms with Crippen LogP contribution < -0.4 is 10.1 Å². The summed E-state index contributed by atoms with van der Waals surface area (Å²) in [6.45, 7) is 5.62. The van der Waals surface area contributed by atoms with Crippen LogP contribution in [0.25, 0.3) is 11.3 Å². The molecule has 0 spiro atoms.